The second-order valence-corrected chi connectivity index (χ2v) is 5.27. The molecule has 21 heavy (non-hydrogen) atoms. The van der Waals surface area contributed by atoms with Gasteiger partial charge in [0.15, 0.2) is 0 Å². The minimum Gasteiger partial charge on any atom is -0.480 e. The number of hydrogen-bond donors (Lipinski definition) is 2. The molecule has 1 fully saturated rings. The Labute approximate surface area is 123 Å². The highest BCUT2D eigenvalue weighted by Crippen LogP contribution is 2.20. The van der Waals surface area contributed by atoms with Gasteiger partial charge in [-0.3, -0.25) is 14.5 Å². The third-order valence-corrected chi connectivity index (χ3v) is 3.88. The third kappa shape index (κ3) is 3.14. The molecule has 0 saturated carbocycles. The first-order valence-electron chi connectivity index (χ1n) is 6.80. The topological polar surface area (TPSA) is 107 Å². The van der Waals surface area contributed by atoms with Crippen LogP contribution in [-0.2, 0) is 14.4 Å². The van der Waals surface area contributed by atoms with Crippen molar-refractivity contribution >= 4 is 23.8 Å². The van der Waals surface area contributed by atoms with E-state index in [4.69, 9.17) is 5.11 Å². The number of carboxylic acids is 1. The van der Waals surface area contributed by atoms with Crippen LogP contribution in [0.15, 0.2) is 0 Å². The Bertz CT molecular complexity index is 478. The maximum atomic E-state index is 12.2. The van der Waals surface area contributed by atoms with Crippen LogP contribution in [0.1, 0.15) is 33.6 Å². The highest BCUT2D eigenvalue weighted by atomic mass is 16.4. The van der Waals surface area contributed by atoms with Gasteiger partial charge in [0, 0.05) is 7.05 Å². The summed E-state index contributed by atoms with van der Waals surface area (Å²) >= 11 is 0. The van der Waals surface area contributed by atoms with E-state index in [1.54, 1.807) is 20.8 Å². The quantitative estimate of drug-likeness (QED) is 0.673. The smallest absolute Gasteiger partial charge is 0.326 e. The number of nitrogens with zero attached hydrogens (tertiary/aromatic N) is 2. The summed E-state index contributed by atoms with van der Waals surface area (Å²) in [6.45, 7) is 4.53. The average molecular weight is 299 g/mol. The lowest BCUT2D eigenvalue weighted by atomic mass is 9.99. The largest absolute Gasteiger partial charge is 0.480 e. The highest BCUT2D eigenvalue weighted by molar-refractivity contribution is 6.08. The van der Waals surface area contributed by atoms with Crippen LogP contribution in [0.4, 0.5) is 4.79 Å². The molecule has 1 aliphatic rings. The van der Waals surface area contributed by atoms with E-state index in [0.29, 0.717) is 6.42 Å². The van der Waals surface area contributed by atoms with Crippen LogP contribution in [-0.4, -0.2) is 63.9 Å². The number of hydrogen-bond acceptors (Lipinski definition) is 4. The molecule has 0 aromatic carbocycles. The van der Waals surface area contributed by atoms with Gasteiger partial charge in [0.25, 0.3) is 5.91 Å². The van der Waals surface area contributed by atoms with Gasteiger partial charge in [-0.2, -0.15) is 0 Å². The molecule has 0 aromatic rings. The van der Waals surface area contributed by atoms with E-state index in [0.717, 1.165) is 9.80 Å². The molecule has 1 aliphatic heterocycles. The lowest BCUT2D eigenvalue weighted by Crippen LogP contribution is -2.48. The van der Waals surface area contributed by atoms with Crippen molar-refractivity contribution in [1.29, 1.82) is 0 Å². The molecule has 4 amide bonds. The van der Waals surface area contributed by atoms with Crippen LogP contribution in [0.25, 0.3) is 0 Å². The third-order valence-electron chi connectivity index (χ3n) is 3.88. The standard InChI is InChI=1S/C13H21N3O5/c1-5-8(10(18)19)15(4)9(17)7-16-11(20)13(3,6-2)14-12(16)21/h8H,5-7H2,1-4H3,(H,14,21)(H,18,19). The van der Waals surface area contributed by atoms with Gasteiger partial charge in [0.2, 0.25) is 5.91 Å². The van der Waals surface area contributed by atoms with Crippen molar-refractivity contribution in [3.05, 3.63) is 0 Å². The summed E-state index contributed by atoms with van der Waals surface area (Å²) in [7, 11) is 1.35. The molecule has 2 atom stereocenters. The molecule has 0 spiro atoms. The Morgan fingerprint density at radius 1 is 1.38 bits per heavy atom. The van der Waals surface area contributed by atoms with Crippen LogP contribution in [0.3, 0.4) is 0 Å². The molecule has 0 bridgehead atoms. The lowest BCUT2D eigenvalue weighted by molar-refractivity contribution is -0.150. The van der Waals surface area contributed by atoms with Gasteiger partial charge in [-0.05, 0) is 19.8 Å². The predicted octanol–water partition coefficient (Wildman–Crippen LogP) is 0.0285. The van der Waals surface area contributed by atoms with Gasteiger partial charge >= 0.3 is 12.0 Å². The first kappa shape index (κ1) is 16.9. The number of carboxylic acid groups (broad SMARTS) is 1. The van der Waals surface area contributed by atoms with Crippen LogP contribution >= 0.6 is 0 Å². The molecule has 0 aliphatic carbocycles. The van der Waals surface area contributed by atoms with Crippen molar-refractivity contribution in [2.24, 2.45) is 0 Å². The monoisotopic (exact) mass is 299 g/mol. The fourth-order valence-corrected chi connectivity index (χ4v) is 2.17. The van der Waals surface area contributed by atoms with Gasteiger partial charge in [0.05, 0.1) is 0 Å². The summed E-state index contributed by atoms with van der Waals surface area (Å²) in [5.41, 5.74) is -1.01. The molecule has 1 rings (SSSR count). The van der Waals surface area contributed by atoms with Crippen LogP contribution in [0.2, 0.25) is 0 Å². The van der Waals surface area contributed by atoms with Crippen LogP contribution in [0, 0.1) is 0 Å². The number of rotatable bonds is 6. The Morgan fingerprint density at radius 3 is 2.33 bits per heavy atom. The van der Waals surface area contributed by atoms with Gasteiger partial charge < -0.3 is 15.3 Å². The fourth-order valence-electron chi connectivity index (χ4n) is 2.17. The number of imide groups is 1. The molecule has 1 heterocycles. The minimum atomic E-state index is -1.12. The molecular formula is C13H21N3O5. The van der Waals surface area contributed by atoms with Crippen molar-refractivity contribution in [2.75, 3.05) is 13.6 Å². The second kappa shape index (κ2) is 6.11. The maximum absolute atomic E-state index is 12.2. The minimum absolute atomic E-state index is 0.240. The van der Waals surface area contributed by atoms with E-state index < -0.39 is 41.9 Å². The predicted molar refractivity (Wildman–Crippen MR) is 73.4 cm³/mol. The zero-order valence-corrected chi connectivity index (χ0v) is 12.7. The van der Waals surface area contributed by atoms with Crippen molar-refractivity contribution in [1.82, 2.24) is 15.1 Å². The Kier molecular flexibility index (Phi) is 4.93. The fraction of sp³-hybridized carbons (Fsp3) is 0.692. The Hall–Kier alpha value is -2.12. The van der Waals surface area contributed by atoms with Crippen molar-refractivity contribution in [3.63, 3.8) is 0 Å². The van der Waals surface area contributed by atoms with E-state index in [2.05, 4.69) is 5.32 Å². The number of aliphatic carboxylic acids is 1. The maximum Gasteiger partial charge on any atom is 0.326 e. The SMILES string of the molecule is CCC(C(=O)O)N(C)C(=O)CN1C(=O)NC(C)(CC)C1=O. The molecule has 8 nitrogen and oxygen atoms in total. The zero-order chi connectivity index (χ0) is 16.4. The van der Waals surface area contributed by atoms with E-state index in [1.165, 1.54) is 7.05 Å². The van der Waals surface area contributed by atoms with Crippen LogP contribution < -0.4 is 5.32 Å². The number of nitrogens with one attached hydrogen (secondary N) is 1. The van der Waals surface area contributed by atoms with Crippen molar-refractivity contribution < 1.29 is 24.3 Å². The molecule has 0 radical (unpaired) electrons. The molecular weight excluding hydrogens is 278 g/mol. The molecule has 118 valence electrons. The number of amides is 4. The average Bonchev–Trinajstić information content (AvgIpc) is 2.63. The van der Waals surface area contributed by atoms with Crippen LogP contribution in [0.5, 0.6) is 0 Å². The number of urea groups is 1. The number of carbonyl (C=O) groups is 4. The summed E-state index contributed by atoms with van der Waals surface area (Å²) in [5, 5.41) is 11.6. The summed E-state index contributed by atoms with van der Waals surface area (Å²) in [5.74, 6) is -2.18. The normalized spacial score (nSPS) is 23.0. The molecule has 2 N–H and O–H groups in total. The summed E-state index contributed by atoms with van der Waals surface area (Å²) in [6, 6.07) is -1.61. The van der Waals surface area contributed by atoms with Gasteiger partial charge in [-0.25, -0.2) is 9.59 Å². The van der Waals surface area contributed by atoms with E-state index in [1.807, 2.05) is 0 Å². The number of likely N-dealkylation sites (N-methyl/N-ethyl adjacent to an activating group) is 1. The van der Waals surface area contributed by atoms with E-state index >= 15 is 0 Å². The number of carbonyl (C=O) groups excluding carboxylic acids is 3. The highest BCUT2D eigenvalue weighted by Gasteiger charge is 2.47. The van der Waals surface area contributed by atoms with E-state index in [9.17, 15) is 19.2 Å². The van der Waals surface area contributed by atoms with Gasteiger partial charge in [0.1, 0.15) is 18.1 Å². The summed E-state index contributed by atoms with van der Waals surface area (Å²) < 4.78 is 0. The van der Waals surface area contributed by atoms with Crippen molar-refractivity contribution in [3.8, 4) is 0 Å². The van der Waals surface area contributed by atoms with E-state index in [-0.39, 0.29) is 6.42 Å². The van der Waals surface area contributed by atoms with Gasteiger partial charge in [-0.15, -0.1) is 0 Å². The van der Waals surface area contributed by atoms with Crippen molar-refractivity contribution in [2.45, 2.75) is 45.2 Å². The Morgan fingerprint density at radius 2 is 1.95 bits per heavy atom. The lowest BCUT2D eigenvalue weighted by Gasteiger charge is -2.25. The second-order valence-electron chi connectivity index (χ2n) is 5.27. The first-order chi connectivity index (χ1) is 9.67. The molecule has 1 saturated heterocycles. The van der Waals surface area contributed by atoms with Gasteiger partial charge in [-0.1, -0.05) is 13.8 Å². The Balaban J connectivity index is 2.82. The molecule has 8 heteroatoms. The molecule has 0 aromatic heterocycles. The summed E-state index contributed by atoms with van der Waals surface area (Å²) in [4.78, 5) is 49.0. The zero-order valence-electron chi connectivity index (χ0n) is 12.7. The molecule has 2 unspecified atom stereocenters. The summed E-state index contributed by atoms with van der Waals surface area (Å²) in [6.07, 6.45) is 0.648. The first-order valence-corrected chi connectivity index (χ1v) is 6.80.